The maximum atomic E-state index is 13.5. The second kappa shape index (κ2) is 9.46. The number of aryl methyl sites for hydroxylation is 4. The molecule has 2 amide bonds. The molecule has 2 heterocycles. The molecule has 1 N–H and O–H groups in total. The summed E-state index contributed by atoms with van der Waals surface area (Å²) in [4.78, 5) is 20.0. The Hall–Kier alpha value is -4.19. The van der Waals surface area contributed by atoms with Gasteiger partial charge in [0, 0.05) is 11.3 Å². The summed E-state index contributed by atoms with van der Waals surface area (Å²) < 4.78 is 5.84. The van der Waals surface area contributed by atoms with Crippen LogP contribution in [0.15, 0.2) is 77.0 Å². The highest BCUT2D eigenvalue weighted by Gasteiger charge is 2.36. The normalized spacial score (nSPS) is 15.9. The number of aromatic nitrogens is 2. The van der Waals surface area contributed by atoms with E-state index in [1.807, 2.05) is 64.1 Å². The SMILES string of the molecule is CCc1ccc(C2NC(=O)N(c3cc(C)cc(C)c3)C(C)=C2c2nc(-c3cccc(C)c3)no2)cc1. The molecule has 0 saturated heterocycles. The van der Waals surface area contributed by atoms with Gasteiger partial charge in [0.05, 0.1) is 17.3 Å². The Kier molecular flexibility index (Phi) is 6.18. The lowest BCUT2D eigenvalue weighted by molar-refractivity contribution is 0.244. The van der Waals surface area contributed by atoms with Gasteiger partial charge in [0.2, 0.25) is 5.82 Å². The Morgan fingerprint density at radius 2 is 1.64 bits per heavy atom. The molecule has 1 atom stereocenters. The van der Waals surface area contributed by atoms with Gasteiger partial charge in [-0.25, -0.2) is 4.79 Å². The molecule has 4 aromatic rings. The second-order valence-electron chi connectivity index (χ2n) is 9.45. The van der Waals surface area contributed by atoms with Gasteiger partial charge < -0.3 is 9.84 Å². The zero-order chi connectivity index (χ0) is 25.4. The largest absolute Gasteiger partial charge is 0.334 e. The number of nitrogens with zero attached hydrogens (tertiary/aromatic N) is 3. The minimum Gasteiger partial charge on any atom is -0.334 e. The van der Waals surface area contributed by atoms with Gasteiger partial charge in [-0.3, -0.25) is 4.90 Å². The molecule has 0 spiro atoms. The van der Waals surface area contributed by atoms with E-state index < -0.39 is 6.04 Å². The Labute approximate surface area is 211 Å². The van der Waals surface area contributed by atoms with Crippen LogP contribution in [0.1, 0.15) is 53.6 Å². The van der Waals surface area contributed by atoms with Gasteiger partial charge in [0.25, 0.3) is 5.89 Å². The van der Waals surface area contributed by atoms with Crippen molar-refractivity contribution < 1.29 is 9.32 Å². The fraction of sp³-hybridized carbons (Fsp3) is 0.233. The lowest BCUT2D eigenvalue weighted by atomic mass is 9.93. The van der Waals surface area contributed by atoms with Crippen molar-refractivity contribution in [3.05, 3.63) is 106 Å². The Morgan fingerprint density at radius 1 is 0.917 bits per heavy atom. The van der Waals surface area contributed by atoms with E-state index in [1.54, 1.807) is 4.90 Å². The fourth-order valence-corrected chi connectivity index (χ4v) is 4.84. The van der Waals surface area contributed by atoms with Crippen molar-refractivity contribution in [1.29, 1.82) is 0 Å². The first-order chi connectivity index (χ1) is 17.3. The minimum absolute atomic E-state index is 0.191. The van der Waals surface area contributed by atoms with E-state index in [-0.39, 0.29) is 6.03 Å². The van der Waals surface area contributed by atoms with Crippen molar-refractivity contribution in [1.82, 2.24) is 15.5 Å². The van der Waals surface area contributed by atoms with E-state index in [2.05, 4.69) is 47.7 Å². The fourth-order valence-electron chi connectivity index (χ4n) is 4.84. The van der Waals surface area contributed by atoms with E-state index in [9.17, 15) is 4.79 Å². The molecule has 0 radical (unpaired) electrons. The van der Waals surface area contributed by atoms with Crippen LogP contribution < -0.4 is 10.2 Å². The average Bonchev–Trinajstić information content (AvgIpc) is 3.33. The van der Waals surface area contributed by atoms with Gasteiger partial charge in [-0.1, -0.05) is 66.2 Å². The second-order valence-corrected chi connectivity index (χ2v) is 9.45. The molecule has 1 aliphatic rings. The maximum Gasteiger partial charge on any atom is 0.326 e. The molecular formula is C30H30N4O2. The summed E-state index contributed by atoms with van der Waals surface area (Å²) in [6, 6.07) is 21.8. The quantitative estimate of drug-likeness (QED) is 0.338. The first-order valence-electron chi connectivity index (χ1n) is 12.2. The number of nitrogens with one attached hydrogen (secondary N) is 1. The first-order valence-corrected chi connectivity index (χ1v) is 12.2. The van der Waals surface area contributed by atoms with Crippen LogP contribution >= 0.6 is 0 Å². The Morgan fingerprint density at radius 3 is 2.31 bits per heavy atom. The first kappa shape index (κ1) is 23.5. The van der Waals surface area contributed by atoms with Gasteiger partial charge in [-0.2, -0.15) is 4.98 Å². The number of benzene rings is 3. The molecule has 1 aromatic heterocycles. The van der Waals surface area contributed by atoms with Crippen molar-refractivity contribution >= 4 is 17.3 Å². The molecule has 3 aromatic carbocycles. The molecular weight excluding hydrogens is 448 g/mol. The van der Waals surface area contributed by atoms with Crippen molar-refractivity contribution in [2.75, 3.05) is 4.90 Å². The number of allylic oxidation sites excluding steroid dienone is 1. The molecule has 6 nitrogen and oxygen atoms in total. The van der Waals surface area contributed by atoms with E-state index in [4.69, 9.17) is 9.51 Å². The summed E-state index contributed by atoms with van der Waals surface area (Å²) in [7, 11) is 0. The molecule has 0 saturated carbocycles. The van der Waals surface area contributed by atoms with Gasteiger partial charge in [-0.15, -0.1) is 0 Å². The predicted molar refractivity (Wildman–Crippen MR) is 143 cm³/mol. The Bertz CT molecular complexity index is 1450. The third kappa shape index (κ3) is 4.42. The highest BCUT2D eigenvalue weighted by Crippen LogP contribution is 2.39. The van der Waals surface area contributed by atoms with Crippen LogP contribution in [-0.2, 0) is 6.42 Å². The van der Waals surface area contributed by atoms with E-state index in [0.717, 1.165) is 51.2 Å². The average molecular weight is 479 g/mol. The number of urea groups is 1. The molecule has 0 fully saturated rings. The van der Waals surface area contributed by atoms with Gasteiger partial charge in [0.15, 0.2) is 0 Å². The van der Waals surface area contributed by atoms with Crippen LogP contribution in [0.5, 0.6) is 0 Å². The van der Waals surface area contributed by atoms with E-state index in [0.29, 0.717) is 11.7 Å². The summed E-state index contributed by atoms with van der Waals surface area (Å²) in [5, 5.41) is 7.48. The minimum atomic E-state index is -0.420. The molecule has 0 bridgehead atoms. The smallest absolute Gasteiger partial charge is 0.326 e. The number of hydrogen-bond acceptors (Lipinski definition) is 4. The van der Waals surface area contributed by atoms with Crippen LogP contribution in [-0.4, -0.2) is 16.2 Å². The summed E-state index contributed by atoms with van der Waals surface area (Å²) >= 11 is 0. The van der Waals surface area contributed by atoms with E-state index in [1.165, 1.54) is 5.56 Å². The summed E-state index contributed by atoms with van der Waals surface area (Å²) in [6.45, 7) is 10.2. The van der Waals surface area contributed by atoms with Gasteiger partial charge in [-0.05, 0) is 74.6 Å². The highest BCUT2D eigenvalue weighted by molar-refractivity contribution is 6.01. The lowest BCUT2D eigenvalue weighted by Crippen LogP contribution is -2.46. The standard InChI is InChI=1S/C30H30N4O2/c1-6-22-10-12-23(13-11-22)27-26(29-32-28(33-36-29)24-9-7-8-18(2)15-24)21(5)34(30(35)31-27)25-16-19(3)14-20(4)17-25/h7-17,27H,6H2,1-5H3,(H,31,35). The molecule has 1 unspecified atom stereocenters. The predicted octanol–water partition coefficient (Wildman–Crippen LogP) is 6.93. The van der Waals surface area contributed by atoms with Gasteiger partial charge >= 0.3 is 6.03 Å². The maximum absolute atomic E-state index is 13.5. The molecule has 6 heteroatoms. The molecule has 36 heavy (non-hydrogen) atoms. The third-order valence-corrected chi connectivity index (χ3v) is 6.60. The zero-order valence-electron chi connectivity index (χ0n) is 21.3. The molecule has 182 valence electrons. The highest BCUT2D eigenvalue weighted by atomic mass is 16.5. The van der Waals surface area contributed by atoms with Crippen LogP contribution in [0.25, 0.3) is 17.0 Å². The molecule has 1 aliphatic heterocycles. The number of anilines is 1. The van der Waals surface area contributed by atoms with Crippen molar-refractivity contribution in [2.45, 2.75) is 47.1 Å². The zero-order valence-corrected chi connectivity index (χ0v) is 21.3. The summed E-state index contributed by atoms with van der Waals surface area (Å²) in [5.74, 6) is 0.909. The summed E-state index contributed by atoms with van der Waals surface area (Å²) in [5.41, 5.74) is 8.72. The lowest BCUT2D eigenvalue weighted by Gasteiger charge is -2.35. The number of hydrogen-bond donors (Lipinski definition) is 1. The van der Waals surface area contributed by atoms with E-state index >= 15 is 0 Å². The molecule has 5 rings (SSSR count). The Balaban J connectivity index is 1.66. The number of carbonyl (C=O) groups excluding carboxylic acids is 1. The van der Waals surface area contributed by atoms with Crippen LogP contribution in [0.2, 0.25) is 0 Å². The van der Waals surface area contributed by atoms with Crippen molar-refractivity contribution in [3.63, 3.8) is 0 Å². The monoisotopic (exact) mass is 478 g/mol. The number of carbonyl (C=O) groups is 1. The van der Waals surface area contributed by atoms with Crippen molar-refractivity contribution in [3.8, 4) is 11.4 Å². The van der Waals surface area contributed by atoms with Crippen molar-refractivity contribution in [2.24, 2.45) is 0 Å². The van der Waals surface area contributed by atoms with Crippen LogP contribution in [0, 0.1) is 20.8 Å². The third-order valence-electron chi connectivity index (χ3n) is 6.60. The molecule has 0 aliphatic carbocycles. The number of amides is 2. The topological polar surface area (TPSA) is 71.3 Å². The van der Waals surface area contributed by atoms with Crippen LogP contribution in [0.3, 0.4) is 0 Å². The number of rotatable bonds is 5. The van der Waals surface area contributed by atoms with Gasteiger partial charge in [0.1, 0.15) is 0 Å². The van der Waals surface area contributed by atoms with Crippen LogP contribution in [0.4, 0.5) is 10.5 Å². The summed E-state index contributed by atoms with van der Waals surface area (Å²) in [6.07, 6.45) is 0.947.